The molecular weight excluding hydrogens is 254 g/mol. The third-order valence-corrected chi connectivity index (χ3v) is 3.43. The maximum atomic E-state index is 13.8. The number of hydrogen-bond donors (Lipinski definition) is 1. The van der Waals surface area contributed by atoms with Crippen LogP contribution in [0.15, 0.2) is 29.8 Å². The minimum Gasteiger partial charge on any atom is -0.304 e. The maximum absolute atomic E-state index is 13.8. The first-order valence-corrected chi connectivity index (χ1v) is 6.68. The molecule has 96 valence electrons. The molecule has 0 saturated heterocycles. The number of aromatic nitrogens is 1. The molecule has 2 nitrogen and oxygen atoms in total. The van der Waals surface area contributed by atoms with Crippen LogP contribution >= 0.6 is 11.3 Å². The smallest absolute Gasteiger partial charge is 0.131 e. The van der Waals surface area contributed by atoms with Gasteiger partial charge in [-0.3, -0.25) is 0 Å². The molecule has 1 N–H and O–H groups in total. The van der Waals surface area contributed by atoms with E-state index in [0.717, 1.165) is 6.42 Å². The van der Waals surface area contributed by atoms with E-state index >= 15 is 0 Å². The minimum atomic E-state index is -0.543. The zero-order chi connectivity index (χ0) is 13.0. The molecule has 2 rings (SSSR count). The molecule has 2 aromatic rings. The zero-order valence-corrected chi connectivity index (χ0v) is 10.8. The first-order chi connectivity index (χ1) is 8.74. The van der Waals surface area contributed by atoms with Gasteiger partial charge in [0.15, 0.2) is 0 Å². The highest BCUT2D eigenvalue weighted by Gasteiger charge is 2.23. The Balaban J connectivity index is 2.40. The second-order valence-corrected chi connectivity index (χ2v) is 4.82. The number of hydrogen-bond acceptors (Lipinski definition) is 3. The second-order valence-electron chi connectivity index (χ2n) is 3.89. The van der Waals surface area contributed by atoms with Gasteiger partial charge >= 0.3 is 0 Å². The fourth-order valence-electron chi connectivity index (χ4n) is 1.77. The molecule has 1 heterocycles. The molecule has 1 aromatic carbocycles. The molecule has 0 amide bonds. The summed E-state index contributed by atoms with van der Waals surface area (Å²) >= 11 is 1.39. The van der Waals surface area contributed by atoms with Gasteiger partial charge in [-0.2, -0.15) is 0 Å². The van der Waals surface area contributed by atoms with Gasteiger partial charge in [0.05, 0.1) is 6.04 Å². The van der Waals surface area contributed by atoms with Crippen LogP contribution in [-0.2, 0) is 0 Å². The van der Waals surface area contributed by atoms with E-state index < -0.39 is 17.7 Å². The van der Waals surface area contributed by atoms with Gasteiger partial charge in [0.25, 0.3) is 0 Å². The van der Waals surface area contributed by atoms with Crippen molar-refractivity contribution in [1.82, 2.24) is 10.3 Å². The van der Waals surface area contributed by atoms with E-state index in [4.69, 9.17) is 0 Å². The summed E-state index contributed by atoms with van der Waals surface area (Å²) in [6.07, 6.45) is 2.53. The van der Waals surface area contributed by atoms with Gasteiger partial charge in [0.2, 0.25) is 0 Å². The summed E-state index contributed by atoms with van der Waals surface area (Å²) in [5.74, 6) is -1.09. The van der Waals surface area contributed by atoms with Gasteiger partial charge in [0, 0.05) is 17.1 Å². The van der Waals surface area contributed by atoms with Crippen LogP contribution in [0.3, 0.4) is 0 Å². The topological polar surface area (TPSA) is 24.9 Å². The molecule has 0 aliphatic carbocycles. The fraction of sp³-hybridized carbons (Fsp3) is 0.308. The maximum Gasteiger partial charge on any atom is 0.131 e. The average Bonchev–Trinajstić information content (AvgIpc) is 2.86. The molecule has 1 unspecified atom stereocenters. The van der Waals surface area contributed by atoms with E-state index in [9.17, 15) is 8.78 Å². The van der Waals surface area contributed by atoms with Gasteiger partial charge in [0.1, 0.15) is 16.6 Å². The van der Waals surface area contributed by atoms with Crippen LogP contribution in [0.2, 0.25) is 0 Å². The highest BCUT2D eigenvalue weighted by molar-refractivity contribution is 7.09. The van der Waals surface area contributed by atoms with Crippen LogP contribution in [0.4, 0.5) is 8.78 Å². The highest BCUT2D eigenvalue weighted by Crippen LogP contribution is 2.28. The van der Waals surface area contributed by atoms with Crippen molar-refractivity contribution in [3.8, 4) is 0 Å². The minimum absolute atomic E-state index is 0.0425. The molecule has 0 saturated carbocycles. The molecule has 0 fully saturated rings. The third-order valence-electron chi connectivity index (χ3n) is 2.59. The normalized spacial score (nSPS) is 12.6. The number of nitrogens with zero attached hydrogens (tertiary/aromatic N) is 1. The van der Waals surface area contributed by atoms with Gasteiger partial charge in [-0.1, -0.05) is 13.0 Å². The number of rotatable bonds is 5. The van der Waals surface area contributed by atoms with Crippen LogP contribution in [0.5, 0.6) is 0 Å². The Hall–Kier alpha value is -1.33. The summed E-state index contributed by atoms with van der Waals surface area (Å²) < 4.78 is 27.6. The number of halogens is 2. The Bertz CT molecular complexity index is 479. The van der Waals surface area contributed by atoms with Gasteiger partial charge in [-0.15, -0.1) is 11.3 Å². The zero-order valence-electron chi connectivity index (χ0n) is 9.99. The average molecular weight is 268 g/mol. The molecular formula is C13H14F2N2S. The van der Waals surface area contributed by atoms with Crippen molar-refractivity contribution < 1.29 is 8.78 Å². The summed E-state index contributed by atoms with van der Waals surface area (Å²) in [6, 6.07) is 3.39. The van der Waals surface area contributed by atoms with E-state index in [1.54, 1.807) is 11.6 Å². The largest absolute Gasteiger partial charge is 0.304 e. The Morgan fingerprint density at radius 2 is 2.06 bits per heavy atom. The summed E-state index contributed by atoms with van der Waals surface area (Å²) in [7, 11) is 0. The number of thiazole rings is 1. The second kappa shape index (κ2) is 6.02. The molecule has 1 atom stereocenters. The quantitative estimate of drug-likeness (QED) is 0.897. The monoisotopic (exact) mass is 268 g/mol. The third kappa shape index (κ3) is 2.73. The summed E-state index contributed by atoms with van der Waals surface area (Å²) in [5, 5.41) is 5.61. The molecule has 0 radical (unpaired) electrons. The van der Waals surface area contributed by atoms with Crippen LogP contribution in [0.25, 0.3) is 0 Å². The molecule has 0 aliphatic rings. The van der Waals surface area contributed by atoms with Crippen LogP contribution in [0, 0.1) is 11.6 Å². The van der Waals surface area contributed by atoms with Crippen molar-refractivity contribution in [3.63, 3.8) is 0 Å². The van der Waals surface area contributed by atoms with E-state index in [1.165, 1.54) is 29.5 Å². The van der Waals surface area contributed by atoms with Crippen molar-refractivity contribution in [2.45, 2.75) is 19.4 Å². The predicted molar refractivity (Wildman–Crippen MR) is 68.6 cm³/mol. The van der Waals surface area contributed by atoms with Crippen molar-refractivity contribution >= 4 is 11.3 Å². The summed E-state index contributed by atoms with van der Waals surface area (Å²) in [6.45, 7) is 2.68. The Morgan fingerprint density at radius 1 is 1.33 bits per heavy atom. The van der Waals surface area contributed by atoms with Crippen molar-refractivity contribution in [2.75, 3.05) is 6.54 Å². The number of benzene rings is 1. The van der Waals surface area contributed by atoms with Crippen molar-refractivity contribution in [1.29, 1.82) is 0 Å². The Labute approximate surface area is 109 Å². The SMILES string of the molecule is CCCNC(c1nccs1)c1c(F)cccc1F. The molecule has 5 heteroatoms. The molecule has 18 heavy (non-hydrogen) atoms. The van der Waals surface area contributed by atoms with Gasteiger partial charge in [-0.05, 0) is 25.1 Å². The summed E-state index contributed by atoms with van der Waals surface area (Å²) in [5.41, 5.74) is 0.0425. The first kappa shape index (κ1) is 13.1. The predicted octanol–water partition coefficient (Wildman–Crippen LogP) is 3.51. The lowest BCUT2D eigenvalue weighted by Crippen LogP contribution is -2.25. The van der Waals surface area contributed by atoms with Crippen molar-refractivity contribution in [3.05, 3.63) is 52.0 Å². The summed E-state index contributed by atoms with van der Waals surface area (Å²) in [4.78, 5) is 4.15. The molecule has 0 spiro atoms. The number of nitrogens with one attached hydrogen (secondary N) is 1. The molecule has 0 bridgehead atoms. The molecule has 0 aliphatic heterocycles. The van der Waals surface area contributed by atoms with E-state index in [1.807, 2.05) is 6.92 Å². The van der Waals surface area contributed by atoms with Crippen LogP contribution in [-0.4, -0.2) is 11.5 Å². The standard InChI is InChI=1S/C13H14F2N2S/c1-2-6-16-12(13-17-7-8-18-13)11-9(14)4-3-5-10(11)15/h3-5,7-8,12,16H,2,6H2,1H3. The van der Waals surface area contributed by atoms with Crippen LogP contribution in [0.1, 0.15) is 30.0 Å². The lowest BCUT2D eigenvalue weighted by molar-refractivity contribution is 0.502. The molecule has 1 aromatic heterocycles. The Morgan fingerprint density at radius 3 is 2.61 bits per heavy atom. The van der Waals surface area contributed by atoms with E-state index in [2.05, 4.69) is 10.3 Å². The first-order valence-electron chi connectivity index (χ1n) is 5.80. The lowest BCUT2D eigenvalue weighted by Gasteiger charge is -2.17. The van der Waals surface area contributed by atoms with E-state index in [0.29, 0.717) is 11.6 Å². The Kier molecular flexibility index (Phi) is 4.38. The highest BCUT2D eigenvalue weighted by atomic mass is 32.1. The van der Waals surface area contributed by atoms with Gasteiger partial charge < -0.3 is 5.32 Å². The van der Waals surface area contributed by atoms with Gasteiger partial charge in [-0.25, -0.2) is 13.8 Å². The van der Waals surface area contributed by atoms with E-state index in [-0.39, 0.29) is 5.56 Å². The van der Waals surface area contributed by atoms with Crippen LogP contribution < -0.4 is 5.32 Å². The van der Waals surface area contributed by atoms with Crippen molar-refractivity contribution in [2.24, 2.45) is 0 Å². The fourth-order valence-corrected chi connectivity index (χ4v) is 2.49. The lowest BCUT2D eigenvalue weighted by atomic mass is 10.1.